The molecule has 1 aliphatic heterocycles. The molecule has 1 aromatic heterocycles. The smallest absolute Gasteiger partial charge is 0.221 e. The van der Waals surface area contributed by atoms with Gasteiger partial charge in [-0.15, -0.1) is 0 Å². The number of anilines is 2. The van der Waals surface area contributed by atoms with Crippen LogP contribution in [0.3, 0.4) is 0 Å². The summed E-state index contributed by atoms with van der Waals surface area (Å²) < 4.78 is 5.60. The molecular weight excluding hydrogens is 326 g/mol. The predicted octanol–water partition coefficient (Wildman–Crippen LogP) is 3.85. The average molecular weight is 347 g/mol. The molecule has 1 aromatic carbocycles. The Kier molecular flexibility index (Phi) is 3.99. The molecule has 0 fully saturated rings. The third-order valence-electron chi connectivity index (χ3n) is 4.84. The van der Waals surface area contributed by atoms with E-state index in [1.807, 2.05) is 30.5 Å². The summed E-state index contributed by atoms with van der Waals surface area (Å²) in [6, 6.07) is 10.1. The number of allylic oxidation sites excluding steroid dienone is 2. The van der Waals surface area contributed by atoms with Crippen LogP contribution in [0, 0.1) is 6.92 Å². The molecule has 2 aliphatic rings. The summed E-state index contributed by atoms with van der Waals surface area (Å²) in [7, 11) is 1.70. The standard InChI is InChI=1S/C21H21N3O2/c1-12-9-17-19-16(14-5-4-6-15(10-14)23-13(2)25)7-8-18(26-3)20(19)24-21(17)22-11-12/h4-11,19-20H,1-3H3,(H,22,24)(H,23,25). The van der Waals surface area contributed by atoms with Gasteiger partial charge in [-0.25, -0.2) is 4.98 Å². The van der Waals surface area contributed by atoms with Crippen molar-refractivity contribution in [1.29, 1.82) is 0 Å². The number of rotatable bonds is 3. The van der Waals surface area contributed by atoms with Crippen LogP contribution in [0.25, 0.3) is 5.57 Å². The molecule has 5 nitrogen and oxygen atoms in total. The molecule has 5 heteroatoms. The number of carbonyl (C=O) groups excluding carboxylic acids is 1. The molecule has 1 aliphatic carbocycles. The number of aryl methyl sites for hydroxylation is 1. The molecule has 2 atom stereocenters. The molecule has 1 amide bonds. The number of ether oxygens (including phenoxy) is 1. The summed E-state index contributed by atoms with van der Waals surface area (Å²) in [4.78, 5) is 16.0. The zero-order valence-electron chi connectivity index (χ0n) is 15.0. The molecule has 2 aromatic rings. The van der Waals surface area contributed by atoms with Gasteiger partial charge in [0.15, 0.2) is 0 Å². The van der Waals surface area contributed by atoms with Gasteiger partial charge in [0, 0.05) is 30.3 Å². The third-order valence-corrected chi connectivity index (χ3v) is 4.84. The Morgan fingerprint density at radius 3 is 2.88 bits per heavy atom. The summed E-state index contributed by atoms with van der Waals surface area (Å²) in [5.74, 6) is 1.84. The molecule has 0 bridgehead atoms. The van der Waals surface area contributed by atoms with Crippen LogP contribution in [-0.2, 0) is 9.53 Å². The van der Waals surface area contributed by atoms with E-state index in [0.717, 1.165) is 28.4 Å². The number of benzene rings is 1. The minimum absolute atomic E-state index is 0.0220. The number of nitrogens with one attached hydrogen (secondary N) is 2. The van der Waals surface area contributed by atoms with Crippen molar-refractivity contribution in [3.63, 3.8) is 0 Å². The zero-order valence-corrected chi connectivity index (χ0v) is 15.0. The Hall–Kier alpha value is -3.08. The molecule has 2 heterocycles. The number of fused-ring (bicyclic) bond motifs is 3. The van der Waals surface area contributed by atoms with E-state index in [0.29, 0.717) is 0 Å². The fourth-order valence-electron chi connectivity index (χ4n) is 3.77. The van der Waals surface area contributed by atoms with E-state index >= 15 is 0 Å². The zero-order chi connectivity index (χ0) is 18.3. The third kappa shape index (κ3) is 2.75. The second-order valence-corrected chi connectivity index (χ2v) is 6.71. The van der Waals surface area contributed by atoms with Crippen molar-refractivity contribution in [2.45, 2.75) is 25.8 Å². The lowest BCUT2D eigenvalue weighted by Crippen LogP contribution is -2.27. The first-order chi connectivity index (χ1) is 12.6. The van der Waals surface area contributed by atoms with Gasteiger partial charge < -0.3 is 15.4 Å². The first-order valence-electron chi connectivity index (χ1n) is 8.63. The van der Waals surface area contributed by atoms with E-state index < -0.39 is 0 Å². The maximum absolute atomic E-state index is 11.4. The number of hydrogen-bond acceptors (Lipinski definition) is 4. The average Bonchev–Trinajstić information content (AvgIpc) is 2.99. The van der Waals surface area contributed by atoms with Crippen LogP contribution < -0.4 is 10.6 Å². The van der Waals surface area contributed by atoms with Crippen LogP contribution in [0.4, 0.5) is 11.5 Å². The van der Waals surface area contributed by atoms with Gasteiger partial charge in [0.2, 0.25) is 5.91 Å². The van der Waals surface area contributed by atoms with E-state index in [4.69, 9.17) is 4.74 Å². The normalized spacial score (nSPS) is 20.3. The largest absolute Gasteiger partial charge is 0.499 e. The van der Waals surface area contributed by atoms with Crippen molar-refractivity contribution in [2.75, 3.05) is 17.7 Å². The molecule has 2 N–H and O–H groups in total. The molecule has 2 unspecified atom stereocenters. The highest BCUT2D eigenvalue weighted by molar-refractivity contribution is 5.90. The van der Waals surface area contributed by atoms with Crippen LogP contribution in [-0.4, -0.2) is 24.0 Å². The van der Waals surface area contributed by atoms with Gasteiger partial charge in [-0.3, -0.25) is 4.79 Å². The maximum Gasteiger partial charge on any atom is 0.221 e. The number of nitrogens with zero attached hydrogens (tertiary/aromatic N) is 1. The molecule has 0 spiro atoms. The van der Waals surface area contributed by atoms with Gasteiger partial charge in [0.05, 0.1) is 13.2 Å². The minimum Gasteiger partial charge on any atom is -0.499 e. The summed E-state index contributed by atoms with van der Waals surface area (Å²) >= 11 is 0. The van der Waals surface area contributed by atoms with E-state index in [-0.39, 0.29) is 17.9 Å². The second-order valence-electron chi connectivity index (χ2n) is 6.71. The maximum atomic E-state index is 11.4. The molecule has 0 radical (unpaired) electrons. The van der Waals surface area contributed by atoms with Gasteiger partial charge >= 0.3 is 0 Å². The number of pyridine rings is 1. The monoisotopic (exact) mass is 347 g/mol. The first kappa shape index (κ1) is 16.4. The van der Waals surface area contributed by atoms with Crippen LogP contribution in [0.5, 0.6) is 0 Å². The molecule has 132 valence electrons. The van der Waals surface area contributed by atoms with Gasteiger partial charge in [0.25, 0.3) is 0 Å². The Balaban J connectivity index is 1.81. The quantitative estimate of drug-likeness (QED) is 0.885. The van der Waals surface area contributed by atoms with E-state index in [2.05, 4.69) is 40.8 Å². The lowest BCUT2D eigenvalue weighted by Gasteiger charge is -2.28. The van der Waals surface area contributed by atoms with Crippen molar-refractivity contribution >= 4 is 23.0 Å². The summed E-state index contributed by atoms with van der Waals surface area (Å²) in [6.07, 6.45) is 5.99. The summed E-state index contributed by atoms with van der Waals surface area (Å²) in [5, 5.41) is 6.35. The number of methoxy groups -OCH3 is 1. The van der Waals surface area contributed by atoms with Gasteiger partial charge in [-0.1, -0.05) is 24.3 Å². The summed E-state index contributed by atoms with van der Waals surface area (Å²) in [5.41, 5.74) is 5.36. The topological polar surface area (TPSA) is 63.2 Å². The van der Waals surface area contributed by atoms with E-state index in [9.17, 15) is 4.79 Å². The SMILES string of the molecule is COC1=CC=C(c2cccc(NC(C)=O)c2)C2c3cc(C)cnc3NC12. The number of carbonyl (C=O) groups is 1. The number of amides is 1. The molecular formula is C21H21N3O2. The molecule has 0 saturated heterocycles. The van der Waals surface area contributed by atoms with Crippen molar-refractivity contribution in [3.05, 3.63) is 71.1 Å². The van der Waals surface area contributed by atoms with E-state index in [1.54, 1.807) is 7.11 Å². The van der Waals surface area contributed by atoms with Crippen LogP contribution >= 0.6 is 0 Å². The highest BCUT2D eigenvalue weighted by atomic mass is 16.5. The number of aromatic nitrogens is 1. The predicted molar refractivity (Wildman–Crippen MR) is 103 cm³/mol. The molecule has 0 saturated carbocycles. The Bertz CT molecular complexity index is 946. The molecule has 26 heavy (non-hydrogen) atoms. The van der Waals surface area contributed by atoms with Crippen LogP contribution in [0.1, 0.15) is 29.5 Å². The fraction of sp³-hybridized carbons (Fsp3) is 0.238. The Morgan fingerprint density at radius 2 is 2.12 bits per heavy atom. The van der Waals surface area contributed by atoms with Gasteiger partial charge in [0.1, 0.15) is 11.6 Å². The number of hydrogen-bond donors (Lipinski definition) is 2. The minimum atomic E-state index is -0.0769. The fourth-order valence-corrected chi connectivity index (χ4v) is 3.77. The van der Waals surface area contributed by atoms with Gasteiger partial charge in [-0.05, 0) is 41.8 Å². The highest BCUT2D eigenvalue weighted by Gasteiger charge is 2.40. The Morgan fingerprint density at radius 1 is 1.27 bits per heavy atom. The van der Waals surface area contributed by atoms with Crippen LogP contribution in [0.2, 0.25) is 0 Å². The lowest BCUT2D eigenvalue weighted by atomic mass is 9.80. The summed E-state index contributed by atoms with van der Waals surface area (Å²) in [6.45, 7) is 3.57. The first-order valence-corrected chi connectivity index (χ1v) is 8.63. The van der Waals surface area contributed by atoms with Gasteiger partial charge in [-0.2, -0.15) is 0 Å². The highest BCUT2D eigenvalue weighted by Crippen LogP contribution is 2.48. The van der Waals surface area contributed by atoms with Crippen molar-refractivity contribution in [1.82, 2.24) is 4.98 Å². The van der Waals surface area contributed by atoms with E-state index in [1.165, 1.54) is 18.1 Å². The second kappa shape index (κ2) is 6.33. The molecule has 4 rings (SSSR count). The Labute approximate surface area is 152 Å². The van der Waals surface area contributed by atoms with Crippen molar-refractivity contribution in [3.8, 4) is 0 Å². The van der Waals surface area contributed by atoms with Crippen molar-refractivity contribution in [2.24, 2.45) is 0 Å². The van der Waals surface area contributed by atoms with Crippen molar-refractivity contribution < 1.29 is 9.53 Å². The lowest BCUT2D eigenvalue weighted by molar-refractivity contribution is -0.114. The van der Waals surface area contributed by atoms with Crippen LogP contribution in [0.15, 0.2) is 54.4 Å².